The molecule has 0 saturated carbocycles. The van der Waals surface area contributed by atoms with Crippen LogP contribution in [0.5, 0.6) is 0 Å². The highest BCUT2D eigenvalue weighted by Crippen LogP contribution is 2.28. The van der Waals surface area contributed by atoms with E-state index in [9.17, 15) is 9.59 Å². The molecule has 0 spiro atoms. The highest BCUT2D eigenvalue weighted by atomic mass is 16.5. The minimum atomic E-state index is -0.489. The third-order valence-corrected chi connectivity index (χ3v) is 3.30. The number of ether oxygens (including phenoxy) is 1. The molecule has 1 aromatic carbocycles. The first kappa shape index (κ1) is 12.6. The van der Waals surface area contributed by atoms with Crippen molar-refractivity contribution in [3.8, 4) is 0 Å². The van der Waals surface area contributed by atoms with Crippen LogP contribution in [0.4, 0.5) is 5.69 Å². The second-order valence-corrected chi connectivity index (χ2v) is 4.48. The van der Waals surface area contributed by atoms with Gasteiger partial charge in [-0.25, -0.2) is 4.79 Å². The van der Waals surface area contributed by atoms with Gasteiger partial charge in [0, 0.05) is 12.1 Å². The first-order valence-corrected chi connectivity index (χ1v) is 6.10. The van der Waals surface area contributed by atoms with Crippen molar-refractivity contribution in [3.63, 3.8) is 0 Å². The summed E-state index contributed by atoms with van der Waals surface area (Å²) < 4.78 is 4.80. The average molecular weight is 247 g/mol. The lowest BCUT2D eigenvalue weighted by Gasteiger charge is -2.34. The zero-order valence-corrected chi connectivity index (χ0v) is 10.7. The molecule has 18 heavy (non-hydrogen) atoms. The number of esters is 1. The number of benzene rings is 1. The Morgan fingerprint density at radius 3 is 2.78 bits per heavy atom. The Hall–Kier alpha value is -1.84. The fourth-order valence-corrected chi connectivity index (χ4v) is 2.37. The van der Waals surface area contributed by atoms with Crippen molar-refractivity contribution in [3.05, 3.63) is 29.8 Å². The van der Waals surface area contributed by atoms with Crippen LogP contribution in [0, 0.1) is 6.92 Å². The van der Waals surface area contributed by atoms with E-state index in [0.717, 1.165) is 17.7 Å². The van der Waals surface area contributed by atoms with Crippen LogP contribution < -0.4 is 4.90 Å². The number of anilines is 1. The Labute approximate surface area is 107 Å². The van der Waals surface area contributed by atoms with Crippen LogP contribution in [0.3, 0.4) is 0 Å². The molecule has 1 aliphatic rings. The summed E-state index contributed by atoms with van der Waals surface area (Å²) in [4.78, 5) is 25.5. The van der Waals surface area contributed by atoms with Gasteiger partial charge in [0.15, 0.2) is 0 Å². The number of hydrogen-bond acceptors (Lipinski definition) is 3. The fourth-order valence-electron chi connectivity index (χ4n) is 2.37. The van der Waals surface area contributed by atoms with Crippen molar-refractivity contribution in [1.82, 2.24) is 0 Å². The van der Waals surface area contributed by atoms with Crippen LogP contribution in [0.1, 0.15) is 24.8 Å². The summed E-state index contributed by atoms with van der Waals surface area (Å²) >= 11 is 0. The summed E-state index contributed by atoms with van der Waals surface area (Å²) in [5.41, 5.74) is 1.79. The molecule has 4 heteroatoms. The maximum Gasteiger partial charge on any atom is 0.328 e. The zero-order chi connectivity index (χ0) is 13.1. The Kier molecular flexibility index (Phi) is 3.65. The Balaban J connectivity index is 2.39. The number of para-hydroxylation sites is 1. The summed E-state index contributed by atoms with van der Waals surface area (Å²) in [5.74, 6) is -0.350. The van der Waals surface area contributed by atoms with Gasteiger partial charge in [-0.1, -0.05) is 18.2 Å². The predicted octanol–water partition coefficient (Wildman–Crippen LogP) is 2.05. The van der Waals surface area contributed by atoms with Gasteiger partial charge in [-0.15, -0.1) is 0 Å². The van der Waals surface area contributed by atoms with Gasteiger partial charge in [-0.2, -0.15) is 0 Å². The number of piperidine rings is 1. The molecule has 1 aliphatic heterocycles. The largest absolute Gasteiger partial charge is 0.467 e. The second-order valence-electron chi connectivity index (χ2n) is 4.48. The number of carbonyl (C=O) groups is 2. The summed E-state index contributed by atoms with van der Waals surface area (Å²) in [6.07, 6.45) is 1.88. The molecule has 1 amide bonds. The lowest BCUT2D eigenvalue weighted by atomic mass is 9.99. The molecule has 0 N–H and O–H groups in total. The van der Waals surface area contributed by atoms with E-state index >= 15 is 0 Å². The fraction of sp³-hybridized carbons (Fsp3) is 0.429. The second kappa shape index (κ2) is 5.21. The van der Waals surface area contributed by atoms with Crippen molar-refractivity contribution in [1.29, 1.82) is 0 Å². The first-order valence-electron chi connectivity index (χ1n) is 6.10. The van der Waals surface area contributed by atoms with Gasteiger partial charge < -0.3 is 4.74 Å². The molecule has 96 valence electrons. The zero-order valence-electron chi connectivity index (χ0n) is 10.7. The summed E-state index contributed by atoms with van der Waals surface area (Å²) in [6, 6.07) is 7.11. The molecule has 1 unspecified atom stereocenters. The molecule has 2 rings (SSSR count). The SMILES string of the molecule is COC(=O)C1CCCC(=O)N1c1ccccc1C. The monoisotopic (exact) mass is 247 g/mol. The number of methoxy groups -OCH3 is 1. The third-order valence-electron chi connectivity index (χ3n) is 3.30. The molecule has 1 atom stereocenters. The highest BCUT2D eigenvalue weighted by Gasteiger charge is 2.35. The third kappa shape index (κ3) is 2.23. The predicted molar refractivity (Wildman–Crippen MR) is 68.3 cm³/mol. The summed E-state index contributed by atoms with van der Waals surface area (Å²) in [6.45, 7) is 1.94. The van der Waals surface area contributed by atoms with Crippen LogP contribution in [0.15, 0.2) is 24.3 Å². The van der Waals surface area contributed by atoms with E-state index in [1.54, 1.807) is 4.90 Å². The minimum absolute atomic E-state index is 0.00838. The number of rotatable bonds is 2. The van der Waals surface area contributed by atoms with Crippen LogP contribution in [-0.4, -0.2) is 25.0 Å². The number of amides is 1. The molecular formula is C14H17NO3. The van der Waals surface area contributed by atoms with Gasteiger partial charge in [0.05, 0.1) is 7.11 Å². The number of carbonyl (C=O) groups excluding carboxylic acids is 2. The molecule has 1 fully saturated rings. The Morgan fingerprint density at radius 1 is 1.39 bits per heavy atom. The topological polar surface area (TPSA) is 46.6 Å². The minimum Gasteiger partial charge on any atom is -0.467 e. The van der Waals surface area contributed by atoms with Gasteiger partial charge in [0.25, 0.3) is 0 Å². The molecule has 0 aliphatic carbocycles. The molecule has 1 heterocycles. The van der Waals surface area contributed by atoms with Gasteiger partial charge >= 0.3 is 5.97 Å². The van der Waals surface area contributed by atoms with E-state index in [2.05, 4.69) is 0 Å². The van der Waals surface area contributed by atoms with E-state index in [0.29, 0.717) is 12.8 Å². The standard InChI is InChI=1S/C14H17NO3/c1-10-6-3-4-7-11(10)15-12(14(17)18-2)8-5-9-13(15)16/h3-4,6-7,12H,5,8-9H2,1-2H3. The smallest absolute Gasteiger partial charge is 0.328 e. The quantitative estimate of drug-likeness (QED) is 0.751. The van der Waals surface area contributed by atoms with Crippen LogP contribution in [-0.2, 0) is 14.3 Å². The van der Waals surface area contributed by atoms with Crippen molar-refractivity contribution in [2.45, 2.75) is 32.2 Å². The van der Waals surface area contributed by atoms with E-state index in [-0.39, 0.29) is 11.9 Å². The average Bonchev–Trinajstić information content (AvgIpc) is 2.39. The number of hydrogen-bond donors (Lipinski definition) is 0. The van der Waals surface area contributed by atoms with Gasteiger partial charge in [0.2, 0.25) is 5.91 Å². The van der Waals surface area contributed by atoms with E-state index in [1.807, 2.05) is 31.2 Å². The van der Waals surface area contributed by atoms with Crippen molar-refractivity contribution in [2.24, 2.45) is 0 Å². The lowest BCUT2D eigenvalue weighted by molar-refractivity contribution is -0.144. The Bertz CT molecular complexity index is 470. The number of aryl methyl sites for hydroxylation is 1. The van der Waals surface area contributed by atoms with E-state index in [1.165, 1.54) is 7.11 Å². The van der Waals surface area contributed by atoms with Gasteiger partial charge in [-0.3, -0.25) is 9.69 Å². The van der Waals surface area contributed by atoms with Crippen molar-refractivity contribution < 1.29 is 14.3 Å². The van der Waals surface area contributed by atoms with Gasteiger partial charge in [-0.05, 0) is 31.4 Å². The lowest BCUT2D eigenvalue weighted by Crippen LogP contribution is -2.49. The molecule has 0 aromatic heterocycles. The first-order chi connectivity index (χ1) is 8.65. The molecule has 0 radical (unpaired) electrons. The normalized spacial score (nSPS) is 19.8. The molecule has 0 bridgehead atoms. The summed E-state index contributed by atoms with van der Waals surface area (Å²) in [7, 11) is 1.36. The van der Waals surface area contributed by atoms with Gasteiger partial charge in [0.1, 0.15) is 6.04 Å². The number of nitrogens with zero attached hydrogens (tertiary/aromatic N) is 1. The maximum absolute atomic E-state index is 12.1. The highest BCUT2D eigenvalue weighted by molar-refractivity contribution is 6.01. The van der Waals surface area contributed by atoms with E-state index in [4.69, 9.17) is 4.74 Å². The Morgan fingerprint density at radius 2 is 2.11 bits per heavy atom. The van der Waals surface area contributed by atoms with Crippen molar-refractivity contribution in [2.75, 3.05) is 12.0 Å². The molecule has 4 nitrogen and oxygen atoms in total. The molecule has 1 aromatic rings. The summed E-state index contributed by atoms with van der Waals surface area (Å²) in [5, 5.41) is 0. The van der Waals surface area contributed by atoms with Crippen LogP contribution in [0.25, 0.3) is 0 Å². The van der Waals surface area contributed by atoms with Crippen LogP contribution >= 0.6 is 0 Å². The maximum atomic E-state index is 12.1. The van der Waals surface area contributed by atoms with Crippen molar-refractivity contribution >= 4 is 17.6 Å². The molecule has 1 saturated heterocycles. The molecular weight excluding hydrogens is 230 g/mol. The van der Waals surface area contributed by atoms with E-state index < -0.39 is 6.04 Å². The van der Waals surface area contributed by atoms with Crippen LogP contribution in [0.2, 0.25) is 0 Å².